The lowest BCUT2D eigenvalue weighted by molar-refractivity contribution is 0.0467. The van der Waals surface area contributed by atoms with Gasteiger partial charge >= 0.3 is 12.1 Å². The third kappa shape index (κ3) is 5.85. The molecule has 0 atom stereocenters. The van der Waals surface area contributed by atoms with Crippen LogP contribution in [0.2, 0.25) is 10.0 Å². The fourth-order valence-corrected chi connectivity index (χ4v) is 4.01. The van der Waals surface area contributed by atoms with Gasteiger partial charge in [0.2, 0.25) is 5.89 Å². The first-order valence-corrected chi connectivity index (χ1v) is 11.3. The highest BCUT2D eigenvalue weighted by Crippen LogP contribution is 2.31. The lowest BCUT2D eigenvalue weighted by Crippen LogP contribution is -2.22. The zero-order valence-electron chi connectivity index (χ0n) is 18.7. The molecule has 8 nitrogen and oxygen atoms in total. The Morgan fingerprint density at radius 1 is 1.11 bits per heavy atom. The summed E-state index contributed by atoms with van der Waals surface area (Å²) in [4.78, 5) is 27.6. The number of alkyl carbamates (subject to hydrolysis) is 1. The van der Waals surface area contributed by atoms with Crippen LogP contribution in [0.4, 0.5) is 4.79 Å². The van der Waals surface area contributed by atoms with Crippen molar-refractivity contribution < 1.29 is 23.5 Å². The van der Waals surface area contributed by atoms with Crippen molar-refractivity contribution >= 4 is 52.2 Å². The summed E-state index contributed by atoms with van der Waals surface area (Å²) in [6, 6.07) is 13.3. The Hall–Kier alpha value is -3.75. The molecule has 0 bridgehead atoms. The van der Waals surface area contributed by atoms with Crippen LogP contribution in [-0.4, -0.2) is 35.3 Å². The zero-order chi connectivity index (χ0) is 24.8. The molecule has 4 aromatic rings. The molecule has 2 aromatic carbocycles. The van der Waals surface area contributed by atoms with E-state index >= 15 is 0 Å². The SMILES string of the molecule is COC(=O)NC/C=C\c1nc(C(=O)OCc2cccc3c2c(Cl)cn3Cc2ccccc2Cl)co1. The Kier molecular flexibility index (Phi) is 7.74. The van der Waals surface area contributed by atoms with Crippen LogP contribution in [0.1, 0.15) is 27.5 Å². The first-order chi connectivity index (χ1) is 17.0. The molecule has 0 radical (unpaired) electrons. The van der Waals surface area contributed by atoms with Gasteiger partial charge in [0.25, 0.3) is 0 Å². The monoisotopic (exact) mass is 513 g/mol. The number of esters is 1. The van der Waals surface area contributed by atoms with E-state index < -0.39 is 12.1 Å². The number of ether oxygens (including phenoxy) is 2. The van der Waals surface area contributed by atoms with Gasteiger partial charge in [-0.2, -0.15) is 0 Å². The van der Waals surface area contributed by atoms with Gasteiger partial charge in [-0.05, 0) is 23.8 Å². The van der Waals surface area contributed by atoms with Crippen molar-refractivity contribution in [3.05, 3.63) is 93.8 Å². The number of fused-ring (bicyclic) bond motifs is 1. The van der Waals surface area contributed by atoms with Crippen molar-refractivity contribution in [3.8, 4) is 0 Å². The molecule has 0 fully saturated rings. The summed E-state index contributed by atoms with van der Waals surface area (Å²) in [5.74, 6) is -0.435. The highest BCUT2D eigenvalue weighted by molar-refractivity contribution is 6.36. The molecule has 2 aromatic heterocycles. The second-order valence-corrected chi connectivity index (χ2v) is 8.24. The molecular weight excluding hydrogens is 493 g/mol. The van der Waals surface area contributed by atoms with Gasteiger partial charge in [-0.25, -0.2) is 14.6 Å². The van der Waals surface area contributed by atoms with E-state index in [1.807, 2.05) is 53.2 Å². The summed E-state index contributed by atoms with van der Waals surface area (Å²) in [5.41, 5.74) is 2.66. The molecule has 180 valence electrons. The van der Waals surface area contributed by atoms with E-state index in [2.05, 4.69) is 15.0 Å². The third-order valence-electron chi connectivity index (χ3n) is 5.14. The van der Waals surface area contributed by atoms with Crippen LogP contribution in [0.5, 0.6) is 0 Å². The van der Waals surface area contributed by atoms with E-state index in [4.69, 9.17) is 32.4 Å². The van der Waals surface area contributed by atoms with Crippen LogP contribution in [0, 0.1) is 0 Å². The minimum Gasteiger partial charge on any atom is -0.456 e. The van der Waals surface area contributed by atoms with Gasteiger partial charge in [-0.15, -0.1) is 0 Å². The Labute approximate surface area is 211 Å². The molecule has 0 aliphatic carbocycles. The predicted molar refractivity (Wildman–Crippen MR) is 133 cm³/mol. The van der Waals surface area contributed by atoms with Crippen LogP contribution < -0.4 is 5.32 Å². The summed E-state index contributed by atoms with van der Waals surface area (Å²) in [6.45, 7) is 0.777. The van der Waals surface area contributed by atoms with Crippen molar-refractivity contribution in [2.75, 3.05) is 13.7 Å². The number of nitrogens with zero attached hydrogens (tertiary/aromatic N) is 2. The van der Waals surface area contributed by atoms with Gasteiger partial charge in [0.1, 0.15) is 12.9 Å². The van der Waals surface area contributed by atoms with Crippen molar-refractivity contribution in [1.29, 1.82) is 0 Å². The van der Waals surface area contributed by atoms with Gasteiger partial charge < -0.3 is 23.8 Å². The average molecular weight is 514 g/mol. The molecule has 35 heavy (non-hydrogen) atoms. The molecule has 0 saturated heterocycles. The van der Waals surface area contributed by atoms with Crippen LogP contribution in [0.3, 0.4) is 0 Å². The zero-order valence-corrected chi connectivity index (χ0v) is 20.2. The number of hydrogen-bond donors (Lipinski definition) is 1. The number of oxazole rings is 1. The van der Waals surface area contributed by atoms with Crippen LogP contribution in [0.15, 0.2) is 65.4 Å². The molecule has 1 N–H and O–H groups in total. The summed E-state index contributed by atoms with van der Waals surface area (Å²) in [6.07, 6.45) is 5.62. The minimum absolute atomic E-state index is 0.00703. The highest BCUT2D eigenvalue weighted by Gasteiger charge is 2.16. The van der Waals surface area contributed by atoms with Gasteiger partial charge in [0.05, 0.1) is 17.6 Å². The molecule has 1 amide bonds. The third-order valence-corrected chi connectivity index (χ3v) is 5.80. The molecule has 0 aliphatic rings. The highest BCUT2D eigenvalue weighted by atomic mass is 35.5. The number of carbonyl (C=O) groups excluding carboxylic acids is 2. The van der Waals surface area contributed by atoms with Gasteiger partial charge in [-0.1, -0.05) is 59.6 Å². The Morgan fingerprint density at radius 2 is 1.91 bits per heavy atom. The number of halogens is 2. The molecular formula is C25H21Cl2N3O5. The van der Waals surface area contributed by atoms with Gasteiger partial charge in [0, 0.05) is 35.3 Å². The Morgan fingerprint density at radius 3 is 2.71 bits per heavy atom. The lowest BCUT2D eigenvalue weighted by Gasteiger charge is -2.09. The molecule has 0 saturated carbocycles. The molecule has 10 heteroatoms. The number of benzene rings is 2. The van der Waals surface area contributed by atoms with E-state index in [0.717, 1.165) is 22.0 Å². The van der Waals surface area contributed by atoms with Crippen molar-refractivity contribution in [2.45, 2.75) is 13.2 Å². The first kappa shape index (κ1) is 24.4. The van der Waals surface area contributed by atoms with E-state index in [9.17, 15) is 9.59 Å². The van der Waals surface area contributed by atoms with Crippen LogP contribution >= 0.6 is 23.2 Å². The standard InChI is InChI=1S/C25H21Cl2N3O5/c1-33-25(32)28-11-5-10-22-29-20(15-34-22)24(31)35-14-17-7-4-9-21-23(17)19(27)13-30(21)12-16-6-2-3-8-18(16)26/h2-10,13,15H,11-12,14H2,1H3,(H,28,32)/b10-5-. The van der Waals surface area contributed by atoms with Crippen molar-refractivity contribution in [2.24, 2.45) is 0 Å². The molecule has 0 spiro atoms. The number of aromatic nitrogens is 2. The largest absolute Gasteiger partial charge is 0.456 e. The number of methoxy groups -OCH3 is 1. The van der Waals surface area contributed by atoms with Gasteiger partial charge in [0.15, 0.2) is 5.69 Å². The maximum absolute atomic E-state index is 12.5. The normalized spacial score (nSPS) is 11.2. The molecule has 2 heterocycles. The second-order valence-electron chi connectivity index (χ2n) is 7.43. The van der Waals surface area contributed by atoms with E-state index in [0.29, 0.717) is 16.6 Å². The summed E-state index contributed by atoms with van der Waals surface area (Å²) >= 11 is 12.9. The Balaban J connectivity index is 1.43. The molecule has 0 aliphatic heterocycles. The Bertz CT molecular complexity index is 1390. The fourth-order valence-electron chi connectivity index (χ4n) is 3.48. The van der Waals surface area contributed by atoms with Crippen LogP contribution in [-0.2, 0) is 22.6 Å². The number of hydrogen-bond acceptors (Lipinski definition) is 6. The summed E-state index contributed by atoms with van der Waals surface area (Å²) in [7, 11) is 1.27. The molecule has 4 rings (SSSR count). The first-order valence-electron chi connectivity index (χ1n) is 10.6. The summed E-state index contributed by atoms with van der Waals surface area (Å²) in [5, 5.41) is 4.51. The quantitative estimate of drug-likeness (QED) is 0.303. The minimum atomic E-state index is -0.635. The van der Waals surface area contributed by atoms with E-state index in [-0.39, 0.29) is 24.7 Å². The maximum atomic E-state index is 12.5. The van der Waals surface area contributed by atoms with Crippen molar-refractivity contribution in [3.63, 3.8) is 0 Å². The lowest BCUT2D eigenvalue weighted by atomic mass is 10.1. The average Bonchev–Trinajstić information content (AvgIpc) is 3.46. The van der Waals surface area contributed by atoms with Crippen LogP contribution in [0.25, 0.3) is 17.0 Å². The number of rotatable bonds is 8. The maximum Gasteiger partial charge on any atom is 0.407 e. The fraction of sp³-hybridized carbons (Fsp3) is 0.160. The number of amides is 1. The number of nitrogens with one attached hydrogen (secondary N) is 1. The van der Waals surface area contributed by atoms with E-state index in [1.165, 1.54) is 19.4 Å². The van der Waals surface area contributed by atoms with Gasteiger partial charge in [-0.3, -0.25) is 0 Å². The predicted octanol–water partition coefficient (Wildman–Crippen LogP) is 5.71. The smallest absolute Gasteiger partial charge is 0.407 e. The topological polar surface area (TPSA) is 95.6 Å². The second kappa shape index (κ2) is 11.1. The summed E-state index contributed by atoms with van der Waals surface area (Å²) < 4.78 is 17.2. The number of carbonyl (C=O) groups is 2. The molecule has 0 unspecified atom stereocenters. The van der Waals surface area contributed by atoms with Crippen molar-refractivity contribution in [1.82, 2.24) is 14.9 Å². The van der Waals surface area contributed by atoms with E-state index in [1.54, 1.807) is 6.08 Å².